The van der Waals surface area contributed by atoms with Crippen LogP contribution < -0.4 is 5.32 Å². The predicted octanol–water partition coefficient (Wildman–Crippen LogP) is 1.41. The van der Waals surface area contributed by atoms with E-state index in [1.165, 1.54) is 6.08 Å². The Hall–Kier alpha value is -0.830. The molecule has 0 radical (unpaired) electrons. The van der Waals surface area contributed by atoms with Crippen LogP contribution in [0.4, 0.5) is 0 Å². The van der Waals surface area contributed by atoms with Crippen LogP contribution in [0.2, 0.25) is 0 Å². The summed E-state index contributed by atoms with van der Waals surface area (Å²) >= 11 is 0. The van der Waals surface area contributed by atoms with Crippen molar-refractivity contribution in [1.82, 2.24) is 5.32 Å². The molecule has 0 spiro atoms. The van der Waals surface area contributed by atoms with Crippen LogP contribution in [0.15, 0.2) is 12.2 Å². The van der Waals surface area contributed by atoms with E-state index in [1.807, 2.05) is 6.92 Å². The fraction of sp³-hybridized carbons (Fsp3) is 0.667. The third-order valence-electron chi connectivity index (χ3n) is 1.52. The molecule has 70 valence electrons. The van der Waals surface area contributed by atoms with Crippen molar-refractivity contribution < 1.29 is 9.90 Å². The third-order valence-corrected chi connectivity index (χ3v) is 1.52. The lowest BCUT2D eigenvalue weighted by Crippen LogP contribution is -2.25. The van der Waals surface area contributed by atoms with Crippen molar-refractivity contribution >= 4 is 5.97 Å². The number of unbranched alkanes of at least 4 members (excludes halogenated alkanes) is 1. The van der Waals surface area contributed by atoms with Gasteiger partial charge in [0.05, 0.1) is 0 Å². The summed E-state index contributed by atoms with van der Waals surface area (Å²) in [4.78, 5) is 10.1. The summed E-state index contributed by atoms with van der Waals surface area (Å²) in [7, 11) is 0. The molecule has 2 N–H and O–H groups in total. The molecular formula is C9H17NO2. The second-order valence-corrected chi connectivity index (χ2v) is 2.79. The summed E-state index contributed by atoms with van der Waals surface area (Å²) in [6.45, 7) is 5.01. The molecule has 0 heterocycles. The number of hydrogen-bond donors (Lipinski definition) is 2. The zero-order valence-corrected chi connectivity index (χ0v) is 7.71. The quantitative estimate of drug-likeness (QED) is 0.469. The van der Waals surface area contributed by atoms with E-state index in [4.69, 9.17) is 5.11 Å². The highest BCUT2D eigenvalue weighted by molar-refractivity contribution is 5.79. The largest absolute Gasteiger partial charge is 0.478 e. The summed E-state index contributed by atoms with van der Waals surface area (Å²) in [5.74, 6) is -0.890. The Morgan fingerprint density at radius 2 is 2.33 bits per heavy atom. The average molecular weight is 171 g/mol. The number of carboxylic acid groups (broad SMARTS) is 1. The van der Waals surface area contributed by atoms with Crippen molar-refractivity contribution in [2.75, 3.05) is 6.54 Å². The monoisotopic (exact) mass is 171 g/mol. The predicted molar refractivity (Wildman–Crippen MR) is 49.1 cm³/mol. The molecule has 12 heavy (non-hydrogen) atoms. The Balaban J connectivity index is 3.45. The van der Waals surface area contributed by atoms with Gasteiger partial charge in [0.1, 0.15) is 0 Å². The maximum atomic E-state index is 10.1. The first-order chi connectivity index (χ1) is 5.66. The fourth-order valence-corrected chi connectivity index (χ4v) is 0.801. The zero-order valence-electron chi connectivity index (χ0n) is 7.71. The molecule has 0 saturated heterocycles. The van der Waals surface area contributed by atoms with Crippen molar-refractivity contribution in [3.8, 4) is 0 Å². The lowest BCUT2D eigenvalue weighted by molar-refractivity contribution is -0.131. The molecule has 0 rings (SSSR count). The lowest BCUT2D eigenvalue weighted by Gasteiger charge is -2.07. The first-order valence-corrected chi connectivity index (χ1v) is 4.31. The van der Waals surface area contributed by atoms with Gasteiger partial charge in [-0.15, -0.1) is 0 Å². The lowest BCUT2D eigenvalue weighted by atomic mass is 10.2. The summed E-state index contributed by atoms with van der Waals surface area (Å²) in [6.07, 6.45) is 5.11. The van der Waals surface area contributed by atoms with Crippen molar-refractivity contribution in [3.63, 3.8) is 0 Å². The van der Waals surface area contributed by atoms with E-state index in [1.54, 1.807) is 6.08 Å². The number of aliphatic carboxylic acids is 1. The van der Waals surface area contributed by atoms with Crippen LogP contribution in [0.5, 0.6) is 0 Å². The van der Waals surface area contributed by atoms with E-state index in [2.05, 4.69) is 12.2 Å². The molecule has 0 saturated carbocycles. The highest BCUT2D eigenvalue weighted by Gasteiger charge is 1.94. The van der Waals surface area contributed by atoms with Gasteiger partial charge in [0, 0.05) is 12.1 Å². The van der Waals surface area contributed by atoms with Gasteiger partial charge in [-0.25, -0.2) is 4.79 Å². The SMILES string of the molecule is CCCCNC(C)C=CC(=O)O. The molecule has 0 fully saturated rings. The molecule has 1 unspecified atom stereocenters. The maximum Gasteiger partial charge on any atom is 0.328 e. The summed E-state index contributed by atoms with van der Waals surface area (Å²) in [5, 5.41) is 11.5. The van der Waals surface area contributed by atoms with Crippen molar-refractivity contribution in [1.29, 1.82) is 0 Å². The maximum absolute atomic E-state index is 10.1. The van der Waals surface area contributed by atoms with Crippen LogP contribution in [0, 0.1) is 0 Å². The van der Waals surface area contributed by atoms with Gasteiger partial charge in [-0.05, 0) is 19.9 Å². The van der Waals surface area contributed by atoms with Crippen LogP contribution in [0.3, 0.4) is 0 Å². The van der Waals surface area contributed by atoms with Gasteiger partial charge < -0.3 is 10.4 Å². The minimum atomic E-state index is -0.890. The van der Waals surface area contributed by atoms with Gasteiger partial charge in [0.25, 0.3) is 0 Å². The molecule has 0 aromatic carbocycles. The molecule has 0 bridgehead atoms. The van der Waals surface area contributed by atoms with Gasteiger partial charge in [0.2, 0.25) is 0 Å². The molecule has 0 aliphatic rings. The summed E-state index contributed by atoms with van der Waals surface area (Å²) < 4.78 is 0. The first kappa shape index (κ1) is 11.2. The number of carbonyl (C=O) groups is 1. The molecule has 0 aliphatic carbocycles. The summed E-state index contributed by atoms with van der Waals surface area (Å²) in [6, 6.07) is 0.146. The van der Waals surface area contributed by atoms with Gasteiger partial charge in [0.15, 0.2) is 0 Å². The van der Waals surface area contributed by atoms with E-state index in [0.29, 0.717) is 0 Å². The van der Waals surface area contributed by atoms with Gasteiger partial charge in [-0.2, -0.15) is 0 Å². The number of nitrogens with one attached hydrogen (secondary N) is 1. The van der Waals surface area contributed by atoms with E-state index in [0.717, 1.165) is 19.4 Å². The topological polar surface area (TPSA) is 49.3 Å². The van der Waals surface area contributed by atoms with Gasteiger partial charge in [-0.3, -0.25) is 0 Å². The Bertz CT molecular complexity index is 155. The smallest absolute Gasteiger partial charge is 0.328 e. The molecular weight excluding hydrogens is 154 g/mol. The normalized spacial score (nSPS) is 13.5. The van der Waals surface area contributed by atoms with E-state index < -0.39 is 5.97 Å². The van der Waals surface area contributed by atoms with Crippen molar-refractivity contribution in [3.05, 3.63) is 12.2 Å². The molecule has 0 amide bonds. The summed E-state index contributed by atoms with van der Waals surface area (Å²) in [5.41, 5.74) is 0. The van der Waals surface area contributed by atoms with Crippen molar-refractivity contribution in [2.24, 2.45) is 0 Å². The van der Waals surface area contributed by atoms with Crippen LogP contribution in [0.25, 0.3) is 0 Å². The van der Waals surface area contributed by atoms with Crippen LogP contribution in [-0.2, 0) is 4.79 Å². The highest BCUT2D eigenvalue weighted by atomic mass is 16.4. The minimum Gasteiger partial charge on any atom is -0.478 e. The molecule has 3 nitrogen and oxygen atoms in total. The fourth-order valence-electron chi connectivity index (χ4n) is 0.801. The second kappa shape index (κ2) is 6.85. The molecule has 0 aliphatic heterocycles. The number of rotatable bonds is 6. The first-order valence-electron chi connectivity index (χ1n) is 4.31. The van der Waals surface area contributed by atoms with E-state index in [9.17, 15) is 4.79 Å². The standard InChI is InChI=1S/C9H17NO2/c1-3-4-7-10-8(2)5-6-9(11)12/h5-6,8,10H,3-4,7H2,1-2H3,(H,11,12). The van der Waals surface area contributed by atoms with Gasteiger partial charge >= 0.3 is 5.97 Å². The zero-order chi connectivity index (χ0) is 9.40. The molecule has 0 aromatic heterocycles. The van der Waals surface area contributed by atoms with E-state index in [-0.39, 0.29) is 6.04 Å². The van der Waals surface area contributed by atoms with Crippen molar-refractivity contribution in [2.45, 2.75) is 32.7 Å². The average Bonchev–Trinajstić information content (AvgIpc) is 2.01. The Kier molecular flexibility index (Phi) is 6.38. The van der Waals surface area contributed by atoms with Crippen LogP contribution in [0.1, 0.15) is 26.7 Å². The molecule has 0 aromatic rings. The van der Waals surface area contributed by atoms with Crippen LogP contribution >= 0.6 is 0 Å². The Morgan fingerprint density at radius 3 is 2.83 bits per heavy atom. The Morgan fingerprint density at radius 1 is 1.67 bits per heavy atom. The van der Waals surface area contributed by atoms with E-state index >= 15 is 0 Å². The minimum absolute atomic E-state index is 0.146. The molecule has 3 heteroatoms. The number of hydrogen-bond acceptors (Lipinski definition) is 2. The molecule has 1 atom stereocenters. The number of carboxylic acids is 1. The van der Waals surface area contributed by atoms with Gasteiger partial charge in [-0.1, -0.05) is 19.4 Å². The third kappa shape index (κ3) is 7.28. The second-order valence-electron chi connectivity index (χ2n) is 2.79. The highest BCUT2D eigenvalue weighted by Crippen LogP contribution is 1.88. The van der Waals surface area contributed by atoms with Crippen LogP contribution in [-0.4, -0.2) is 23.7 Å². The Labute approximate surface area is 73.5 Å².